The highest BCUT2D eigenvalue weighted by Crippen LogP contribution is 2.30. The minimum atomic E-state index is -0.315. The highest BCUT2D eigenvalue weighted by atomic mass is 35.5. The Bertz CT molecular complexity index is 1080. The molecule has 1 saturated heterocycles. The van der Waals surface area contributed by atoms with Crippen LogP contribution in [0.2, 0.25) is 5.02 Å². The summed E-state index contributed by atoms with van der Waals surface area (Å²) >= 11 is 7.24. The number of hydrogen-bond acceptors (Lipinski definition) is 5. The highest BCUT2D eigenvalue weighted by Gasteiger charge is 2.28. The molecule has 0 bridgehead atoms. The molecule has 1 aliphatic rings. The minimum Gasteiger partial charge on any atom is -0.338 e. The number of anilines is 1. The molecule has 0 aliphatic carbocycles. The van der Waals surface area contributed by atoms with Gasteiger partial charge in [-0.3, -0.25) is 9.59 Å². The quantitative estimate of drug-likeness (QED) is 0.633. The molecule has 1 N–H and O–H groups in total. The first-order valence-corrected chi connectivity index (χ1v) is 11.0. The Labute approximate surface area is 183 Å². The zero-order valence-electron chi connectivity index (χ0n) is 16.5. The van der Waals surface area contributed by atoms with Crippen LogP contribution in [0.15, 0.2) is 48.5 Å². The maximum Gasteiger partial charge on any atom is 0.286 e. The average molecular weight is 441 g/mol. The van der Waals surface area contributed by atoms with E-state index in [1.54, 1.807) is 24.3 Å². The van der Waals surface area contributed by atoms with Crippen LogP contribution < -0.4 is 5.32 Å². The van der Waals surface area contributed by atoms with Gasteiger partial charge in [0.05, 0.1) is 0 Å². The molecule has 154 valence electrons. The molecule has 1 aliphatic heterocycles. The number of piperidine rings is 1. The Morgan fingerprint density at radius 1 is 1.17 bits per heavy atom. The zero-order valence-corrected chi connectivity index (χ0v) is 18.0. The molecule has 2 amide bonds. The lowest BCUT2D eigenvalue weighted by Gasteiger charge is -2.31. The topological polar surface area (TPSA) is 75.2 Å². The van der Waals surface area contributed by atoms with Gasteiger partial charge in [-0.05, 0) is 50.1 Å². The largest absolute Gasteiger partial charge is 0.338 e. The van der Waals surface area contributed by atoms with Crippen molar-refractivity contribution < 1.29 is 9.59 Å². The smallest absolute Gasteiger partial charge is 0.286 e. The predicted octanol–water partition coefficient (Wildman–Crippen LogP) is 4.77. The summed E-state index contributed by atoms with van der Waals surface area (Å²) in [5.74, 6) is -0.200. The van der Waals surface area contributed by atoms with Crippen LogP contribution in [0.4, 0.5) is 5.69 Å². The van der Waals surface area contributed by atoms with Gasteiger partial charge in [0, 0.05) is 35.3 Å². The van der Waals surface area contributed by atoms with Crippen molar-refractivity contribution >= 4 is 40.4 Å². The van der Waals surface area contributed by atoms with Gasteiger partial charge in [0.25, 0.3) is 11.8 Å². The number of aryl methyl sites for hydroxylation is 1. The Morgan fingerprint density at radius 3 is 2.80 bits per heavy atom. The van der Waals surface area contributed by atoms with Crippen molar-refractivity contribution in [3.8, 4) is 0 Å². The van der Waals surface area contributed by atoms with E-state index in [0.29, 0.717) is 27.8 Å². The van der Waals surface area contributed by atoms with Crippen LogP contribution in [0.3, 0.4) is 0 Å². The van der Waals surface area contributed by atoms with Crippen molar-refractivity contribution in [2.45, 2.75) is 25.7 Å². The van der Waals surface area contributed by atoms with Gasteiger partial charge < -0.3 is 10.2 Å². The van der Waals surface area contributed by atoms with E-state index in [-0.39, 0.29) is 17.7 Å². The van der Waals surface area contributed by atoms with Gasteiger partial charge in [0.2, 0.25) is 5.01 Å². The Kier molecular flexibility index (Phi) is 6.11. The summed E-state index contributed by atoms with van der Waals surface area (Å²) in [5.41, 5.74) is 2.38. The summed E-state index contributed by atoms with van der Waals surface area (Å²) in [6, 6.07) is 14.6. The van der Waals surface area contributed by atoms with Crippen LogP contribution in [0.25, 0.3) is 0 Å². The van der Waals surface area contributed by atoms with Gasteiger partial charge in [-0.25, -0.2) is 0 Å². The van der Waals surface area contributed by atoms with Crippen LogP contribution in [-0.2, 0) is 0 Å². The molecule has 1 atom stereocenters. The third-order valence-corrected chi connectivity index (χ3v) is 6.36. The van der Waals surface area contributed by atoms with Gasteiger partial charge in [-0.15, -0.1) is 10.2 Å². The molecule has 2 aromatic carbocycles. The number of nitrogens with zero attached hydrogens (tertiary/aromatic N) is 3. The molecule has 2 heterocycles. The number of amides is 2. The molecule has 1 unspecified atom stereocenters. The third kappa shape index (κ3) is 4.68. The van der Waals surface area contributed by atoms with Crippen LogP contribution in [0, 0.1) is 6.92 Å². The SMILES string of the molecule is Cc1cccc(C(=O)N2CCCC(c3nnc(C(=O)Nc4cccc(Cl)c4)s3)C2)c1. The number of halogens is 1. The molecule has 4 rings (SSSR count). The van der Waals surface area contributed by atoms with Crippen molar-refractivity contribution in [1.82, 2.24) is 15.1 Å². The monoisotopic (exact) mass is 440 g/mol. The maximum atomic E-state index is 12.9. The second kappa shape index (κ2) is 8.93. The molecule has 3 aromatic rings. The van der Waals surface area contributed by atoms with Gasteiger partial charge >= 0.3 is 0 Å². The molecule has 1 aromatic heterocycles. The van der Waals surface area contributed by atoms with E-state index in [4.69, 9.17) is 11.6 Å². The summed E-state index contributed by atoms with van der Waals surface area (Å²) in [5, 5.41) is 12.7. The first-order valence-electron chi connectivity index (χ1n) is 9.76. The lowest BCUT2D eigenvalue weighted by molar-refractivity contribution is 0.0706. The van der Waals surface area contributed by atoms with E-state index < -0.39 is 0 Å². The summed E-state index contributed by atoms with van der Waals surface area (Å²) in [7, 11) is 0. The van der Waals surface area contributed by atoms with E-state index >= 15 is 0 Å². The van der Waals surface area contributed by atoms with Gasteiger partial charge in [0.1, 0.15) is 5.01 Å². The normalized spacial score (nSPS) is 16.3. The van der Waals surface area contributed by atoms with Crippen molar-refractivity contribution in [2.24, 2.45) is 0 Å². The predicted molar refractivity (Wildman–Crippen MR) is 118 cm³/mol. The second-order valence-corrected chi connectivity index (χ2v) is 8.82. The second-order valence-electron chi connectivity index (χ2n) is 7.37. The van der Waals surface area contributed by atoms with Crippen LogP contribution in [0.5, 0.6) is 0 Å². The van der Waals surface area contributed by atoms with Crippen molar-refractivity contribution in [2.75, 3.05) is 18.4 Å². The standard InChI is InChI=1S/C22H21ClN4O2S/c1-14-5-2-6-15(11-14)22(29)27-10-4-7-16(13-27)20-25-26-21(30-20)19(28)24-18-9-3-8-17(23)12-18/h2-3,5-6,8-9,11-12,16H,4,7,10,13H2,1H3,(H,24,28). The van der Waals surface area contributed by atoms with E-state index in [1.165, 1.54) is 11.3 Å². The van der Waals surface area contributed by atoms with Crippen LogP contribution in [-0.4, -0.2) is 40.0 Å². The molecule has 0 saturated carbocycles. The van der Waals surface area contributed by atoms with Crippen molar-refractivity contribution in [3.63, 3.8) is 0 Å². The Balaban J connectivity index is 1.44. The Hall–Kier alpha value is -2.77. The summed E-state index contributed by atoms with van der Waals surface area (Å²) in [4.78, 5) is 27.3. The fraction of sp³-hybridized carbons (Fsp3) is 0.273. The highest BCUT2D eigenvalue weighted by molar-refractivity contribution is 7.13. The molecule has 30 heavy (non-hydrogen) atoms. The molecule has 1 fully saturated rings. The zero-order chi connectivity index (χ0) is 21.1. The number of carbonyl (C=O) groups is 2. The lowest BCUT2D eigenvalue weighted by atomic mass is 9.98. The number of carbonyl (C=O) groups excluding carboxylic acids is 2. The number of benzene rings is 2. The summed E-state index contributed by atoms with van der Waals surface area (Å²) in [6.07, 6.45) is 1.81. The molecule has 0 radical (unpaired) electrons. The van der Waals surface area contributed by atoms with E-state index in [1.807, 2.05) is 36.1 Å². The number of rotatable bonds is 4. The first kappa shape index (κ1) is 20.5. The lowest BCUT2D eigenvalue weighted by Crippen LogP contribution is -2.39. The van der Waals surface area contributed by atoms with E-state index in [0.717, 1.165) is 30.0 Å². The van der Waals surface area contributed by atoms with Gasteiger partial charge in [-0.1, -0.05) is 46.7 Å². The van der Waals surface area contributed by atoms with Gasteiger partial charge in [0.15, 0.2) is 0 Å². The number of hydrogen-bond donors (Lipinski definition) is 1. The third-order valence-electron chi connectivity index (χ3n) is 5.04. The van der Waals surface area contributed by atoms with Crippen LogP contribution in [0.1, 0.15) is 49.5 Å². The number of nitrogens with one attached hydrogen (secondary N) is 1. The molecular weight excluding hydrogens is 420 g/mol. The van der Waals surface area contributed by atoms with E-state index in [9.17, 15) is 9.59 Å². The average Bonchev–Trinajstić information content (AvgIpc) is 3.24. The molecular formula is C22H21ClN4O2S. The maximum absolute atomic E-state index is 12.9. The molecule has 6 nitrogen and oxygen atoms in total. The fourth-order valence-corrected chi connectivity index (χ4v) is 4.62. The summed E-state index contributed by atoms with van der Waals surface area (Å²) in [6.45, 7) is 3.29. The summed E-state index contributed by atoms with van der Waals surface area (Å²) < 4.78 is 0. The molecule has 8 heteroatoms. The Morgan fingerprint density at radius 2 is 2.00 bits per heavy atom. The fourth-order valence-electron chi connectivity index (χ4n) is 3.57. The van der Waals surface area contributed by atoms with Crippen molar-refractivity contribution in [1.29, 1.82) is 0 Å². The van der Waals surface area contributed by atoms with E-state index in [2.05, 4.69) is 15.5 Å². The molecule has 0 spiro atoms. The van der Waals surface area contributed by atoms with Gasteiger partial charge in [-0.2, -0.15) is 0 Å². The number of likely N-dealkylation sites (tertiary alicyclic amines) is 1. The first-order chi connectivity index (χ1) is 14.5. The van der Waals surface area contributed by atoms with Crippen LogP contribution >= 0.6 is 22.9 Å². The van der Waals surface area contributed by atoms with Crippen molar-refractivity contribution in [3.05, 3.63) is 74.7 Å². The number of aromatic nitrogens is 2. The minimum absolute atomic E-state index is 0.0341.